The number of amides is 1. The normalized spacial score (nSPS) is 12.3. The molecule has 0 radical (unpaired) electrons. The van der Waals surface area contributed by atoms with E-state index in [1.165, 1.54) is 24.3 Å². The number of rotatable bonds is 5. The first-order valence-corrected chi connectivity index (χ1v) is 8.23. The molecule has 6 heteroatoms. The van der Waals surface area contributed by atoms with Crippen LogP contribution >= 0.6 is 0 Å². The Morgan fingerprint density at radius 3 is 2.15 bits per heavy atom. The Morgan fingerprint density at radius 1 is 0.926 bits per heavy atom. The number of benzene rings is 3. The standard InChI is InChI=1S/C21H17FN2O3/c22-17-11-13-18(14-12-17)23-21(26)27-24-19(15-7-3-1-4-8-15)20(25)16-9-5-2-6-10-16/h1-14,20,25H,(H,23,26)/b24-19-/t20-/m1/s1. The van der Waals surface area contributed by atoms with Crippen LogP contribution in [0.25, 0.3) is 0 Å². The van der Waals surface area contributed by atoms with Gasteiger partial charge in [0, 0.05) is 11.3 Å². The van der Waals surface area contributed by atoms with E-state index < -0.39 is 18.0 Å². The molecule has 3 aromatic rings. The molecular formula is C21H17FN2O3. The lowest BCUT2D eigenvalue weighted by molar-refractivity contribution is 0.163. The average molecular weight is 364 g/mol. The summed E-state index contributed by atoms with van der Waals surface area (Å²) in [4.78, 5) is 16.9. The van der Waals surface area contributed by atoms with E-state index in [-0.39, 0.29) is 5.71 Å². The van der Waals surface area contributed by atoms with Gasteiger partial charge < -0.3 is 5.11 Å². The van der Waals surface area contributed by atoms with Crippen molar-refractivity contribution in [1.29, 1.82) is 0 Å². The highest BCUT2D eigenvalue weighted by molar-refractivity contribution is 6.04. The molecule has 1 atom stereocenters. The highest BCUT2D eigenvalue weighted by Crippen LogP contribution is 2.19. The second-order valence-electron chi connectivity index (χ2n) is 5.67. The Kier molecular flexibility index (Phi) is 5.91. The van der Waals surface area contributed by atoms with E-state index in [9.17, 15) is 14.3 Å². The number of aliphatic hydroxyl groups excluding tert-OH is 1. The summed E-state index contributed by atoms with van der Waals surface area (Å²) in [5, 5.41) is 17.0. The molecule has 0 fully saturated rings. The average Bonchev–Trinajstić information content (AvgIpc) is 2.71. The van der Waals surface area contributed by atoms with Gasteiger partial charge in [-0.3, -0.25) is 10.2 Å². The van der Waals surface area contributed by atoms with Gasteiger partial charge in [-0.1, -0.05) is 65.8 Å². The van der Waals surface area contributed by atoms with Crippen molar-refractivity contribution < 1.29 is 19.1 Å². The summed E-state index contributed by atoms with van der Waals surface area (Å²) < 4.78 is 12.9. The minimum Gasteiger partial charge on any atom is -0.382 e. The van der Waals surface area contributed by atoms with Crippen molar-refractivity contribution in [2.24, 2.45) is 5.16 Å². The van der Waals surface area contributed by atoms with Crippen LogP contribution in [0.1, 0.15) is 17.2 Å². The first-order valence-electron chi connectivity index (χ1n) is 8.23. The van der Waals surface area contributed by atoms with Crippen molar-refractivity contribution in [3.63, 3.8) is 0 Å². The minimum absolute atomic E-state index is 0.191. The summed E-state index contributed by atoms with van der Waals surface area (Å²) in [6, 6.07) is 23.1. The van der Waals surface area contributed by atoms with Crippen molar-refractivity contribution in [3.05, 3.63) is 102 Å². The largest absolute Gasteiger partial charge is 0.437 e. The zero-order chi connectivity index (χ0) is 19.1. The van der Waals surface area contributed by atoms with Gasteiger partial charge in [0.1, 0.15) is 17.6 Å². The van der Waals surface area contributed by atoms with Gasteiger partial charge in [0.05, 0.1) is 0 Å². The van der Waals surface area contributed by atoms with Crippen molar-refractivity contribution in [2.45, 2.75) is 6.10 Å². The van der Waals surface area contributed by atoms with Crippen LogP contribution in [0, 0.1) is 5.82 Å². The number of halogens is 1. The van der Waals surface area contributed by atoms with E-state index in [4.69, 9.17) is 4.84 Å². The van der Waals surface area contributed by atoms with E-state index in [1.807, 2.05) is 12.1 Å². The number of carbonyl (C=O) groups is 1. The maximum absolute atomic E-state index is 12.9. The Bertz CT molecular complexity index is 913. The molecule has 27 heavy (non-hydrogen) atoms. The molecule has 0 saturated heterocycles. The summed E-state index contributed by atoms with van der Waals surface area (Å²) >= 11 is 0. The Hall–Kier alpha value is -3.51. The number of hydrogen-bond acceptors (Lipinski definition) is 4. The fraction of sp³-hybridized carbons (Fsp3) is 0.0476. The smallest absolute Gasteiger partial charge is 0.382 e. The van der Waals surface area contributed by atoms with E-state index in [0.717, 1.165) is 0 Å². The SMILES string of the molecule is O=C(Nc1ccc(F)cc1)O/N=C(/c1ccccc1)[C@H](O)c1ccccc1. The quantitative estimate of drug-likeness (QED) is 0.397. The molecule has 0 aliphatic rings. The molecule has 5 nitrogen and oxygen atoms in total. The summed E-state index contributed by atoms with van der Waals surface area (Å²) in [5.74, 6) is -0.413. The van der Waals surface area contributed by atoms with Crippen LogP contribution in [0.4, 0.5) is 14.9 Å². The van der Waals surface area contributed by atoms with Crippen molar-refractivity contribution >= 4 is 17.5 Å². The highest BCUT2D eigenvalue weighted by atomic mass is 19.1. The first-order chi connectivity index (χ1) is 13.1. The lowest BCUT2D eigenvalue weighted by Gasteiger charge is -2.14. The van der Waals surface area contributed by atoms with Crippen LogP contribution in [-0.2, 0) is 4.84 Å². The molecule has 0 saturated carbocycles. The number of carbonyl (C=O) groups excluding carboxylic acids is 1. The molecule has 1 amide bonds. The summed E-state index contributed by atoms with van der Waals surface area (Å²) in [6.07, 6.45) is -1.93. The van der Waals surface area contributed by atoms with Gasteiger partial charge in [-0.05, 0) is 29.8 Å². The first kappa shape index (κ1) is 18.3. The molecule has 136 valence electrons. The lowest BCUT2D eigenvalue weighted by atomic mass is 9.99. The lowest BCUT2D eigenvalue weighted by Crippen LogP contribution is -2.17. The zero-order valence-corrected chi connectivity index (χ0v) is 14.2. The van der Waals surface area contributed by atoms with Crippen molar-refractivity contribution in [1.82, 2.24) is 0 Å². The molecule has 3 aromatic carbocycles. The summed E-state index contributed by atoms with van der Waals surface area (Å²) in [7, 11) is 0. The number of nitrogens with zero attached hydrogens (tertiary/aromatic N) is 1. The third kappa shape index (κ3) is 4.99. The predicted molar refractivity (Wildman–Crippen MR) is 101 cm³/mol. The van der Waals surface area contributed by atoms with Crippen LogP contribution in [0.5, 0.6) is 0 Å². The van der Waals surface area contributed by atoms with Gasteiger partial charge in [0.15, 0.2) is 0 Å². The molecule has 0 heterocycles. The summed E-state index contributed by atoms with van der Waals surface area (Å²) in [6.45, 7) is 0. The molecule has 0 aromatic heterocycles. The topological polar surface area (TPSA) is 70.9 Å². The number of oxime groups is 1. The monoisotopic (exact) mass is 364 g/mol. The Labute approximate surface area is 155 Å². The number of hydrogen-bond donors (Lipinski definition) is 2. The van der Waals surface area contributed by atoms with Gasteiger partial charge in [-0.15, -0.1) is 0 Å². The van der Waals surface area contributed by atoms with Crippen LogP contribution < -0.4 is 5.32 Å². The fourth-order valence-corrected chi connectivity index (χ4v) is 2.43. The van der Waals surface area contributed by atoms with Gasteiger partial charge in [-0.25, -0.2) is 9.18 Å². The Morgan fingerprint density at radius 2 is 1.52 bits per heavy atom. The number of anilines is 1. The van der Waals surface area contributed by atoms with Crippen LogP contribution in [-0.4, -0.2) is 16.9 Å². The summed E-state index contributed by atoms with van der Waals surface area (Å²) in [5.41, 5.74) is 1.78. The molecule has 0 aliphatic heterocycles. The Balaban J connectivity index is 1.80. The fourth-order valence-electron chi connectivity index (χ4n) is 2.43. The van der Waals surface area contributed by atoms with E-state index >= 15 is 0 Å². The molecule has 0 unspecified atom stereocenters. The third-order valence-electron chi connectivity index (χ3n) is 3.76. The van der Waals surface area contributed by atoms with Gasteiger partial charge >= 0.3 is 6.09 Å². The molecule has 2 N–H and O–H groups in total. The van der Waals surface area contributed by atoms with Gasteiger partial charge in [-0.2, -0.15) is 0 Å². The third-order valence-corrected chi connectivity index (χ3v) is 3.76. The van der Waals surface area contributed by atoms with Crippen molar-refractivity contribution in [2.75, 3.05) is 5.32 Å². The van der Waals surface area contributed by atoms with Gasteiger partial charge in [0.25, 0.3) is 0 Å². The van der Waals surface area contributed by atoms with Crippen LogP contribution in [0.3, 0.4) is 0 Å². The zero-order valence-electron chi connectivity index (χ0n) is 14.2. The predicted octanol–water partition coefficient (Wildman–Crippen LogP) is 4.51. The minimum atomic E-state index is -1.08. The van der Waals surface area contributed by atoms with E-state index in [0.29, 0.717) is 16.8 Å². The number of aliphatic hydroxyl groups is 1. The second kappa shape index (κ2) is 8.73. The van der Waals surface area contributed by atoms with Crippen molar-refractivity contribution in [3.8, 4) is 0 Å². The molecule has 0 bridgehead atoms. The number of nitrogens with one attached hydrogen (secondary N) is 1. The molecular weight excluding hydrogens is 347 g/mol. The van der Waals surface area contributed by atoms with E-state index in [2.05, 4.69) is 10.5 Å². The maximum Gasteiger partial charge on any atom is 0.437 e. The molecule has 0 spiro atoms. The highest BCUT2D eigenvalue weighted by Gasteiger charge is 2.18. The van der Waals surface area contributed by atoms with E-state index in [1.54, 1.807) is 48.5 Å². The molecule has 0 aliphatic carbocycles. The molecule has 3 rings (SSSR count). The van der Waals surface area contributed by atoms with Crippen LogP contribution in [0.2, 0.25) is 0 Å². The van der Waals surface area contributed by atoms with Crippen LogP contribution in [0.15, 0.2) is 90.1 Å². The second-order valence-corrected chi connectivity index (χ2v) is 5.67. The maximum atomic E-state index is 12.9. The van der Waals surface area contributed by atoms with Gasteiger partial charge in [0.2, 0.25) is 0 Å².